The summed E-state index contributed by atoms with van der Waals surface area (Å²) in [7, 11) is 0. The maximum Gasteiger partial charge on any atom is 0.251 e. The zero-order valence-electron chi connectivity index (χ0n) is 18.5. The van der Waals surface area contributed by atoms with Crippen LogP contribution in [0.15, 0.2) is 48.5 Å². The van der Waals surface area contributed by atoms with Crippen molar-refractivity contribution in [3.8, 4) is 10.4 Å². The number of hydrogen-bond acceptors (Lipinski definition) is 5. The van der Waals surface area contributed by atoms with Crippen LogP contribution in [-0.2, 0) is 0 Å². The van der Waals surface area contributed by atoms with Gasteiger partial charge in [-0.25, -0.2) is 4.98 Å². The number of aromatic nitrogens is 1. The van der Waals surface area contributed by atoms with Gasteiger partial charge in [-0.3, -0.25) is 9.59 Å². The van der Waals surface area contributed by atoms with Gasteiger partial charge in [0.05, 0.1) is 9.88 Å². The maximum atomic E-state index is 14.0. The minimum absolute atomic E-state index is 0.164. The molecule has 1 amide bonds. The molecule has 8 heteroatoms. The lowest BCUT2D eigenvalue weighted by Gasteiger charge is -2.31. The molecule has 2 aromatic carbocycles. The topological polar surface area (TPSA) is 71.1 Å². The average molecular weight is 514 g/mol. The van der Waals surface area contributed by atoms with Crippen molar-refractivity contribution in [2.75, 3.05) is 6.54 Å². The molecular formula is C26H25Cl2N3O2S. The second-order valence-electron chi connectivity index (χ2n) is 8.90. The predicted octanol–water partition coefficient (Wildman–Crippen LogP) is 6.12. The van der Waals surface area contributed by atoms with Gasteiger partial charge in [-0.1, -0.05) is 47.8 Å². The fourth-order valence-corrected chi connectivity index (χ4v) is 5.96. The Kier molecular flexibility index (Phi) is 7.02. The summed E-state index contributed by atoms with van der Waals surface area (Å²) in [5.74, 6) is -0.0835. The average Bonchev–Trinajstić information content (AvgIpc) is 3.60. The molecule has 2 heterocycles. The molecule has 0 radical (unpaired) electrons. The van der Waals surface area contributed by atoms with Crippen molar-refractivity contribution in [2.45, 2.75) is 50.1 Å². The Labute approximate surface area is 212 Å². The van der Waals surface area contributed by atoms with E-state index in [-0.39, 0.29) is 17.7 Å². The zero-order valence-corrected chi connectivity index (χ0v) is 20.8. The summed E-state index contributed by atoms with van der Waals surface area (Å²) in [5.41, 5.74) is 1.71. The van der Waals surface area contributed by atoms with E-state index in [4.69, 9.17) is 28.2 Å². The number of carbonyl (C=O) groups is 2. The minimum atomic E-state index is -0.737. The van der Waals surface area contributed by atoms with Gasteiger partial charge >= 0.3 is 0 Å². The Balaban J connectivity index is 1.51. The number of nitrogens with one attached hydrogen (secondary N) is 2. The van der Waals surface area contributed by atoms with Crippen molar-refractivity contribution in [1.29, 1.82) is 0 Å². The number of benzene rings is 2. The Hall–Kier alpha value is -2.25. The monoisotopic (exact) mass is 513 g/mol. The van der Waals surface area contributed by atoms with Crippen LogP contribution in [0, 0.1) is 0 Å². The van der Waals surface area contributed by atoms with E-state index in [1.165, 1.54) is 0 Å². The zero-order chi connectivity index (χ0) is 23.7. The Bertz CT molecular complexity index is 1220. The summed E-state index contributed by atoms with van der Waals surface area (Å²) in [6, 6.07) is 13.4. The summed E-state index contributed by atoms with van der Waals surface area (Å²) in [6.45, 7) is 0.813. The van der Waals surface area contributed by atoms with Gasteiger partial charge in [0.25, 0.3) is 5.91 Å². The lowest BCUT2D eigenvalue weighted by atomic mass is 9.92. The first-order valence-corrected chi connectivity index (χ1v) is 13.2. The summed E-state index contributed by atoms with van der Waals surface area (Å²) < 4.78 is 0. The molecule has 5 rings (SSSR count). The molecule has 1 aromatic heterocycles. The number of rotatable bonds is 7. The number of nitrogens with zero attached hydrogens (tertiary/aromatic N) is 1. The first-order chi connectivity index (χ1) is 16.5. The van der Waals surface area contributed by atoms with E-state index in [1.54, 1.807) is 35.6 Å². The standard InChI is InChI=1S/C26H25Cl2N3O2S/c27-18-7-3-5-16(13-18)24-22(31-26(34-24)15-10-11-15)23(32)21(20-9-1-2-12-29-20)30-25(33)17-6-4-8-19(28)14-17/h3-8,13-15,20-21,29H,1-2,9-12H2,(H,30,33). The number of hydrogen-bond donors (Lipinski definition) is 2. The number of Topliss-reactive ketones (excluding diaryl/α,β-unsaturated/α-hetero) is 1. The molecular weight excluding hydrogens is 489 g/mol. The third-order valence-electron chi connectivity index (χ3n) is 6.30. The molecule has 2 N–H and O–H groups in total. The quantitative estimate of drug-likeness (QED) is 0.373. The van der Waals surface area contributed by atoms with Crippen LogP contribution in [-0.4, -0.2) is 35.3 Å². The van der Waals surface area contributed by atoms with Gasteiger partial charge in [0, 0.05) is 27.6 Å². The molecule has 176 valence electrons. The van der Waals surface area contributed by atoms with Crippen LogP contribution in [0.4, 0.5) is 0 Å². The second kappa shape index (κ2) is 10.2. The second-order valence-corrected chi connectivity index (χ2v) is 10.8. The first-order valence-electron chi connectivity index (χ1n) is 11.6. The van der Waals surface area contributed by atoms with Gasteiger partial charge in [0.1, 0.15) is 11.7 Å². The third-order valence-corrected chi connectivity index (χ3v) is 8.03. The molecule has 1 aliphatic carbocycles. The molecule has 0 spiro atoms. The maximum absolute atomic E-state index is 14.0. The molecule has 2 atom stereocenters. The van der Waals surface area contributed by atoms with Crippen molar-refractivity contribution < 1.29 is 9.59 Å². The minimum Gasteiger partial charge on any atom is -0.340 e. The fraction of sp³-hybridized carbons (Fsp3) is 0.346. The first kappa shape index (κ1) is 23.5. The van der Waals surface area contributed by atoms with Gasteiger partial charge in [0.15, 0.2) is 0 Å². The third kappa shape index (κ3) is 5.20. The molecule has 5 nitrogen and oxygen atoms in total. The fourth-order valence-electron chi connectivity index (χ4n) is 4.35. The van der Waals surface area contributed by atoms with E-state index >= 15 is 0 Å². The number of ketones is 1. The van der Waals surface area contributed by atoms with E-state index < -0.39 is 6.04 Å². The lowest BCUT2D eigenvalue weighted by Crippen LogP contribution is -2.55. The normalized spacial score (nSPS) is 18.9. The van der Waals surface area contributed by atoms with E-state index in [1.807, 2.05) is 24.3 Å². The molecule has 1 aliphatic heterocycles. The van der Waals surface area contributed by atoms with E-state index in [0.29, 0.717) is 27.2 Å². The number of carbonyl (C=O) groups excluding carboxylic acids is 2. The number of thiazole rings is 1. The summed E-state index contributed by atoms with van der Waals surface area (Å²) in [5, 5.41) is 8.51. The van der Waals surface area contributed by atoms with Crippen molar-refractivity contribution in [3.05, 3.63) is 74.8 Å². The number of amides is 1. The van der Waals surface area contributed by atoms with Crippen LogP contribution in [0.5, 0.6) is 0 Å². The van der Waals surface area contributed by atoms with Crippen molar-refractivity contribution in [2.24, 2.45) is 0 Å². The molecule has 2 unspecified atom stereocenters. The van der Waals surface area contributed by atoms with Crippen LogP contribution >= 0.6 is 34.5 Å². The Morgan fingerprint density at radius 1 is 1.03 bits per heavy atom. The summed E-state index contributed by atoms with van der Waals surface area (Å²) >= 11 is 13.9. The molecule has 1 saturated carbocycles. The van der Waals surface area contributed by atoms with Crippen LogP contribution in [0.25, 0.3) is 10.4 Å². The van der Waals surface area contributed by atoms with Crippen LogP contribution in [0.3, 0.4) is 0 Å². The highest BCUT2D eigenvalue weighted by molar-refractivity contribution is 7.15. The molecule has 2 fully saturated rings. The van der Waals surface area contributed by atoms with Crippen molar-refractivity contribution in [3.63, 3.8) is 0 Å². The van der Waals surface area contributed by atoms with E-state index in [9.17, 15) is 9.59 Å². The SMILES string of the molecule is O=C(NC(C(=O)c1nc(C2CC2)sc1-c1cccc(Cl)c1)C1CCCCN1)c1cccc(Cl)c1. The molecule has 2 aliphatic rings. The van der Waals surface area contributed by atoms with Crippen molar-refractivity contribution in [1.82, 2.24) is 15.6 Å². The van der Waals surface area contributed by atoms with E-state index in [2.05, 4.69) is 10.6 Å². The number of piperidine rings is 1. The van der Waals surface area contributed by atoms with E-state index in [0.717, 1.165) is 54.1 Å². The molecule has 3 aromatic rings. The highest BCUT2D eigenvalue weighted by Gasteiger charge is 2.36. The van der Waals surface area contributed by atoms with Gasteiger partial charge in [-0.2, -0.15) is 0 Å². The van der Waals surface area contributed by atoms with Crippen LogP contribution in [0.1, 0.15) is 63.9 Å². The smallest absolute Gasteiger partial charge is 0.251 e. The molecule has 34 heavy (non-hydrogen) atoms. The summed E-state index contributed by atoms with van der Waals surface area (Å²) in [4.78, 5) is 32.8. The Morgan fingerprint density at radius 3 is 2.47 bits per heavy atom. The summed E-state index contributed by atoms with van der Waals surface area (Å²) in [6.07, 6.45) is 5.04. The highest BCUT2D eigenvalue weighted by Crippen LogP contribution is 2.45. The number of halogens is 2. The Morgan fingerprint density at radius 2 is 1.79 bits per heavy atom. The van der Waals surface area contributed by atoms with Crippen LogP contribution < -0.4 is 10.6 Å². The van der Waals surface area contributed by atoms with Gasteiger partial charge < -0.3 is 10.6 Å². The molecule has 0 bridgehead atoms. The van der Waals surface area contributed by atoms with Crippen LogP contribution in [0.2, 0.25) is 10.0 Å². The highest BCUT2D eigenvalue weighted by atomic mass is 35.5. The van der Waals surface area contributed by atoms with Gasteiger partial charge in [0.2, 0.25) is 5.78 Å². The lowest BCUT2D eigenvalue weighted by molar-refractivity contribution is 0.0823. The van der Waals surface area contributed by atoms with Gasteiger partial charge in [-0.15, -0.1) is 11.3 Å². The van der Waals surface area contributed by atoms with Gasteiger partial charge in [-0.05, 0) is 68.1 Å². The van der Waals surface area contributed by atoms with Crippen molar-refractivity contribution >= 4 is 46.2 Å². The molecule has 1 saturated heterocycles. The predicted molar refractivity (Wildman–Crippen MR) is 137 cm³/mol. The largest absolute Gasteiger partial charge is 0.340 e.